The number of halogens is 3. The maximum atomic E-state index is 14.7. The van der Waals surface area contributed by atoms with E-state index < -0.39 is 11.6 Å². The van der Waals surface area contributed by atoms with E-state index in [9.17, 15) is 13.6 Å². The molecule has 0 aliphatic heterocycles. The van der Waals surface area contributed by atoms with Crippen molar-refractivity contribution in [2.24, 2.45) is 5.73 Å². The molecule has 5 rings (SSSR count). The molecule has 3 N–H and O–H groups in total. The van der Waals surface area contributed by atoms with Crippen LogP contribution >= 0.6 is 22.9 Å². The van der Waals surface area contributed by atoms with Crippen LogP contribution in [0.3, 0.4) is 0 Å². The zero-order valence-electron chi connectivity index (χ0n) is 22.8. The number of hydrogen-bond donors (Lipinski definition) is 2. The number of nitrogens with one attached hydrogen (secondary N) is 1. The first kappa shape index (κ1) is 29.0. The van der Waals surface area contributed by atoms with Crippen LogP contribution in [0.25, 0.3) is 26.9 Å². The van der Waals surface area contributed by atoms with Gasteiger partial charge in [0.25, 0.3) is 5.91 Å². The van der Waals surface area contributed by atoms with Gasteiger partial charge in [-0.05, 0) is 80.3 Å². The second kappa shape index (κ2) is 12.1. The number of carbonyl (C=O) groups excluding carboxylic acids is 1. The Kier molecular flexibility index (Phi) is 8.58. The minimum atomic E-state index is -0.658. The summed E-state index contributed by atoms with van der Waals surface area (Å²) in [5.41, 5.74) is 9.37. The number of rotatable bonds is 8. The molecular weight excluding hydrogens is 566 g/mol. The van der Waals surface area contributed by atoms with E-state index in [1.54, 1.807) is 18.2 Å². The topological polar surface area (TPSA) is 80.5 Å². The number of benzene rings is 2. The summed E-state index contributed by atoms with van der Waals surface area (Å²) in [5, 5.41) is 3.20. The van der Waals surface area contributed by atoms with E-state index in [0.29, 0.717) is 23.2 Å². The van der Waals surface area contributed by atoms with Crippen LogP contribution in [0.15, 0.2) is 55.2 Å². The molecule has 0 saturated heterocycles. The quantitative estimate of drug-likeness (QED) is 0.229. The number of ether oxygens (including phenoxy) is 1. The van der Waals surface area contributed by atoms with Crippen molar-refractivity contribution in [1.29, 1.82) is 0 Å². The Morgan fingerprint density at radius 3 is 2.51 bits per heavy atom. The lowest BCUT2D eigenvalue weighted by molar-refractivity contribution is 0.0604. The van der Waals surface area contributed by atoms with Crippen LogP contribution in [0.5, 0.6) is 5.75 Å². The van der Waals surface area contributed by atoms with Gasteiger partial charge in [-0.15, -0.1) is 11.3 Å². The number of hydrogen-bond acceptors (Lipinski definition) is 6. The van der Waals surface area contributed by atoms with Crippen molar-refractivity contribution in [1.82, 2.24) is 15.2 Å². The van der Waals surface area contributed by atoms with Gasteiger partial charge in [-0.25, -0.2) is 8.78 Å². The lowest BCUT2D eigenvalue weighted by Gasteiger charge is -2.37. The van der Waals surface area contributed by atoms with Gasteiger partial charge in [-0.3, -0.25) is 9.78 Å². The van der Waals surface area contributed by atoms with Gasteiger partial charge in [0.05, 0.1) is 33.6 Å². The molecule has 2 aromatic heterocycles. The van der Waals surface area contributed by atoms with Gasteiger partial charge in [-0.2, -0.15) is 0 Å². The summed E-state index contributed by atoms with van der Waals surface area (Å²) in [7, 11) is 3.52. The van der Waals surface area contributed by atoms with Crippen molar-refractivity contribution in [3.63, 3.8) is 0 Å². The Balaban J connectivity index is 1.56. The first-order valence-corrected chi connectivity index (χ1v) is 14.5. The Hall–Kier alpha value is -3.53. The first-order valence-electron chi connectivity index (χ1n) is 13.3. The number of nitrogens with zero attached hydrogens (tertiary/aromatic N) is 2. The van der Waals surface area contributed by atoms with Gasteiger partial charge in [0.1, 0.15) is 22.3 Å². The maximum absolute atomic E-state index is 14.7. The molecule has 2 heterocycles. The lowest BCUT2D eigenvalue weighted by atomic mass is 9.89. The van der Waals surface area contributed by atoms with E-state index in [2.05, 4.69) is 16.9 Å². The molecule has 214 valence electrons. The molecule has 2 aromatic carbocycles. The fraction of sp³-hybridized carbons (Fsp3) is 0.290. The summed E-state index contributed by atoms with van der Waals surface area (Å²) >= 11 is 7.45. The molecule has 1 aliphatic rings. The smallest absolute Gasteiger partial charge is 0.266 e. The van der Waals surface area contributed by atoms with Crippen molar-refractivity contribution >= 4 is 44.6 Å². The number of carbonyl (C=O) groups is 1. The summed E-state index contributed by atoms with van der Waals surface area (Å²) < 4.78 is 35.0. The van der Waals surface area contributed by atoms with Crippen LogP contribution < -0.4 is 15.8 Å². The average Bonchev–Trinajstić information content (AvgIpc) is 3.35. The van der Waals surface area contributed by atoms with Gasteiger partial charge in [0, 0.05) is 30.4 Å². The molecule has 0 atom stereocenters. The predicted octanol–water partition coefficient (Wildman–Crippen LogP) is 7.01. The average molecular weight is 597 g/mol. The lowest BCUT2D eigenvalue weighted by Crippen LogP contribution is -2.44. The third kappa shape index (κ3) is 5.80. The van der Waals surface area contributed by atoms with E-state index in [1.807, 2.05) is 37.4 Å². The van der Waals surface area contributed by atoms with Gasteiger partial charge < -0.3 is 20.7 Å². The Morgan fingerprint density at radius 1 is 1.15 bits per heavy atom. The molecule has 10 heteroatoms. The maximum Gasteiger partial charge on any atom is 0.266 e. The molecule has 0 radical (unpaired) electrons. The van der Waals surface area contributed by atoms with Crippen molar-refractivity contribution < 1.29 is 18.3 Å². The highest BCUT2D eigenvalue weighted by Gasteiger charge is 2.33. The fourth-order valence-electron chi connectivity index (χ4n) is 5.46. The number of nitrogens with two attached hydrogens (primary N) is 1. The molecule has 0 unspecified atom stereocenters. The number of fused-ring (bicyclic) bond motifs is 1. The molecule has 41 heavy (non-hydrogen) atoms. The molecule has 0 spiro atoms. The second-order valence-corrected chi connectivity index (χ2v) is 11.6. The zero-order chi connectivity index (χ0) is 29.3. The fourth-order valence-corrected chi connectivity index (χ4v) is 6.96. The van der Waals surface area contributed by atoms with Crippen LogP contribution in [-0.2, 0) is 6.54 Å². The van der Waals surface area contributed by atoms with Crippen LogP contribution in [0.4, 0.5) is 8.78 Å². The highest BCUT2D eigenvalue weighted by atomic mass is 35.5. The van der Waals surface area contributed by atoms with Gasteiger partial charge in [0.2, 0.25) is 0 Å². The van der Waals surface area contributed by atoms with Gasteiger partial charge in [-0.1, -0.05) is 24.2 Å². The Bertz CT molecular complexity index is 1620. The molecule has 6 nitrogen and oxygen atoms in total. The van der Waals surface area contributed by atoms with Crippen molar-refractivity contribution in [2.75, 3.05) is 14.2 Å². The third-order valence-electron chi connectivity index (χ3n) is 7.73. The molecule has 1 aliphatic carbocycles. The predicted molar refractivity (Wildman–Crippen MR) is 161 cm³/mol. The van der Waals surface area contributed by atoms with Crippen LogP contribution in [0.1, 0.15) is 46.6 Å². The van der Waals surface area contributed by atoms with Gasteiger partial charge >= 0.3 is 0 Å². The molecule has 1 fully saturated rings. The largest absolute Gasteiger partial charge is 0.496 e. The first-order chi connectivity index (χ1) is 19.7. The van der Waals surface area contributed by atoms with Crippen molar-refractivity contribution in [3.05, 3.63) is 88.0 Å². The monoisotopic (exact) mass is 596 g/mol. The highest BCUT2D eigenvalue weighted by molar-refractivity contribution is 7.21. The Morgan fingerprint density at radius 2 is 1.85 bits per heavy atom. The molecule has 4 aromatic rings. The molecular formula is C31H31ClF2N4O2S. The number of amides is 1. The van der Waals surface area contributed by atoms with Crippen LogP contribution in [-0.4, -0.2) is 42.0 Å². The number of pyridine rings is 1. The minimum absolute atomic E-state index is 0.0340. The summed E-state index contributed by atoms with van der Waals surface area (Å²) in [4.78, 5) is 20.4. The van der Waals surface area contributed by atoms with Crippen LogP contribution in [0, 0.1) is 11.6 Å². The summed E-state index contributed by atoms with van der Waals surface area (Å²) in [5.74, 6) is -1.01. The minimum Gasteiger partial charge on any atom is -0.496 e. The van der Waals surface area contributed by atoms with Gasteiger partial charge in [0.15, 0.2) is 0 Å². The van der Waals surface area contributed by atoms with E-state index >= 15 is 0 Å². The number of thiophene rings is 1. The van der Waals surface area contributed by atoms with E-state index in [4.69, 9.17) is 22.1 Å². The second-order valence-electron chi connectivity index (χ2n) is 10.2. The van der Waals surface area contributed by atoms with Crippen molar-refractivity contribution in [2.45, 2.75) is 44.3 Å². The summed E-state index contributed by atoms with van der Waals surface area (Å²) in [6, 6.07) is 11.9. The van der Waals surface area contributed by atoms with Crippen LogP contribution in [0.2, 0.25) is 5.02 Å². The summed E-state index contributed by atoms with van der Waals surface area (Å²) in [6.45, 7) is 4.00. The van der Waals surface area contributed by atoms with Crippen molar-refractivity contribution in [3.8, 4) is 16.9 Å². The standard InChI is InChI=1S/C31H31ClF2N4O2S/c1-17(35)25-15-19(12-13-37-25)18-4-11-26(40-3)20(14-18)16-38(22-7-5-21(36-2)6-8-22)31(39)30-28(32)27-23(33)9-10-24(34)29(27)41-30/h4,9-15,21-22,36H,1,5-8,16,35H2,2-3H3/t21-,22-. The number of aromatic nitrogens is 1. The Labute approximate surface area is 246 Å². The van der Waals surface area contributed by atoms with E-state index in [0.717, 1.165) is 65.8 Å². The van der Waals surface area contributed by atoms with E-state index in [1.165, 1.54) is 0 Å². The molecule has 1 amide bonds. The summed E-state index contributed by atoms with van der Waals surface area (Å²) in [6.07, 6.45) is 5.01. The number of methoxy groups -OCH3 is 1. The normalized spacial score (nSPS) is 17.0. The molecule has 1 saturated carbocycles. The SMILES string of the molecule is C=C(N)c1cc(-c2ccc(OC)c(CN(C(=O)c3sc4c(F)ccc(F)c4c3Cl)[C@H]3CC[C@H](NC)CC3)c2)ccn1. The zero-order valence-corrected chi connectivity index (χ0v) is 24.4. The molecule has 0 bridgehead atoms. The highest BCUT2D eigenvalue weighted by Crippen LogP contribution is 2.40. The van der Waals surface area contributed by atoms with E-state index in [-0.39, 0.29) is 38.5 Å². The third-order valence-corrected chi connectivity index (χ3v) is 9.40.